The molecule has 0 bridgehead atoms. The van der Waals surface area contributed by atoms with Crippen molar-refractivity contribution in [2.45, 2.75) is 25.8 Å². The van der Waals surface area contributed by atoms with E-state index in [1.165, 1.54) is 6.07 Å². The highest BCUT2D eigenvalue weighted by Crippen LogP contribution is 2.23. The zero-order valence-electron chi connectivity index (χ0n) is 9.58. The molecule has 2 nitrogen and oxygen atoms in total. The van der Waals surface area contributed by atoms with Gasteiger partial charge in [-0.05, 0) is 25.0 Å². The molecule has 0 saturated carbocycles. The van der Waals surface area contributed by atoms with Crippen LogP contribution in [0.3, 0.4) is 0 Å². The summed E-state index contributed by atoms with van der Waals surface area (Å²) in [5.41, 5.74) is 0.598. The van der Waals surface area contributed by atoms with Gasteiger partial charge < -0.3 is 10.1 Å². The standard InChI is InChI=1S/C13H18FNO/c1-2-12(10-7-8-16-9-10)15-13-6-4-3-5-11(13)14/h3-6,10,12,15H,2,7-9H2,1H3. The van der Waals surface area contributed by atoms with E-state index >= 15 is 0 Å². The van der Waals surface area contributed by atoms with Crippen LogP contribution in [0.4, 0.5) is 10.1 Å². The van der Waals surface area contributed by atoms with Crippen LogP contribution < -0.4 is 5.32 Å². The van der Waals surface area contributed by atoms with Gasteiger partial charge in [0.15, 0.2) is 0 Å². The fourth-order valence-corrected chi connectivity index (χ4v) is 2.20. The summed E-state index contributed by atoms with van der Waals surface area (Å²) >= 11 is 0. The van der Waals surface area contributed by atoms with Gasteiger partial charge in [-0.1, -0.05) is 19.1 Å². The van der Waals surface area contributed by atoms with Crippen LogP contribution in [0.1, 0.15) is 19.8 Å². The second kappa shape index (κ2) is 5.30. The van der Waals surface area contributed by atoms with Crippen LogP contribution in [-0.2, 0) is 4.74 Å². The lowest BCUT2D eigenvalue weighted by Gasteiger charge is -2.23. The molecule has 0 spiro atoms. The highest BCUT2D eigenvalue weighted by Gasteiger charge is 2.24. The van der Waals surface area contributed by atoms with Gasteiger partial charge in [-0.25, -0.2) is 4.39 Å². The lowest BCUT2D eigenvalue weighted by Crippen LogP contribution is -2.29. The zero-order valence-corrected chi connectivity index (χ0v) is 9.58. The van der Waals surface area contributed by atoms with Gasteiger partial charge in [0.1, 0.15) is 5.82 Å². The molecular formula is C13H18FNO. The van der Waals surface area contributed by atoms with E-state index in [0.717, 1.165) is 26.1 Å². The van der Waals surface area contributed by atoms with Gasteiger partial charge in [0.25, 0.3) is 0 Å². The minimum absolute atomic E-state index is 0.181. The molecule has 1 aromatic carbocycles. The fraction of sp³-hybridized carbons (Fsp3) is 0.538. The van der Waals surface area contributed by atoms with Crippen molar-refractivity contribution in [3.8, 4) is 0 Å². The van der Waals surface area contributed by atoms with Gasteiger partial charge >= 0.3 is 0 Å². The lowest BCUT2D eigenvalue weighted by molar-refractivity contribution is 0.182. The zero-order chi connectivity index (χ0) is 11.4. The third kappa shape index (κ3) is 2.53. The van der Waals surface area contributed by atoms with Crippen LogP contribution in [-0.4, -0.2) is 19.3 Å². The molecule has 1 aliphatic rings. The molecule has 2 unspecified atom stereocenters. The molecule has 2 rings (SSSR count). The van der Waals surface area contributed by atoms with Crippen molar-refractivity contribution in [2.24, 2.45) is 5.92 Å². The van der Waals surface area contributed by atoms with E-state index in [4.69, 9.17) is 4.74 Å². The highest BCUT2D eigenvalue weighted by atomic mass is 19.1. The van der Waals surface area contributed by atoms with E-state index in [0.29, 0.717) is 17.6 Å². The summed E-state index contributed by atoms with van der Waals surface area (Å²) in [7, 11) is 0. The quantitative estimate of drug-likeness (QED) is 0.847. The predicted molar refractivity (Wildman–Crippen MR) is 63.0 cm³/mol. The minimum Gasteiger partial charge on any atom is -0.381 e. The second-order valence-electron chi connectivity index (χ2n) is 4.26. The molecule has 16 heavy (non-hydrogen) atoms. The number of rotatable bonds is 4. The van der Waals surface area contributed by atoms with Crippen molar-refractivity contribution in [3.63, 3.8) is 0 Å². The molecule has 0 aromatic heterocycles. The normalized spacial score (nSPS) is 22.0. The van der Waals surface area contributed by atoms with Gasteiger partial charge in [0.2, 0.25) is 0 Å². The van der Waals surface area contributed by atoms with Crippen LogP contribution >= 0.6 is 0 Å². The van der Waals surface area contributed by atoms with Crippen LogP contribution in [0.5, 0.6) is 0 Å². The number of nitrogens with one attached hydrogen (secondary N) is 1. The van der Waals surface area contributed by atoms with Crippen LogP contribution in [0.25, 0.3) is 0 Å². The Labute approximate surface area is 95.8 Å². The maximum absolute atomic E-state index is 13.5. The monoisotopic (exact) mass is 223 g/mol. The Kier molecular flexibility index (Phi) is 3.78. The van der Waals surface area contributed by atoms with Crippen molar-refractivity contribution >= 4 is 5.69 Å². The summed E-state index contributed by atoms with van der Waals surface area (Å²) in [5, 5.41) is 3.28. The lowest BCUT2D eigenvalue weighted by atomic mass is 9.96. The first kappa shape index (κ1) is 11.4. The molecule has 0 amide bonds. The van der Waals surface area contributed by atoms with E-state index in [2.05, 4.69) is 12.2 Å². The summed E-state index contributed by atoms with van der Waals surface area (Å²) in [6, 6.07) is 7.14. The van der Waals surface area contributed by atoms with Crippen molar-refractivity contribution < 1.29 is 9.13 Å². The number of anilines is 1. The first-order valence-electron chi connectivity index (χ1n) is 5.90. The summed E-state index contributed by atoms with van der Waals surface area (Å²) < 4.78 is 18.9. The van der Waals surface area contributed by atoms with E-state index in [9.17, 15) is 4.39 Å². The molecule has 1 N–H and O–H groups in total. The number of halogens is 1. The van der Waals surface area contributed by atoms with E-state index in [1.807, 2.05) is 6.07 Å². The summed E-state index contributed by atoms with van der Waals surface area (Å²) in [5.74, 6) is 0.324. The maximum Gasteiger partial charge on any atom is 0.146 e. The van der Waals surface area contributed by atoms with E-state index in [1.54, 1.807) is 12.1 Å². The Bertz CT molecular complexity index is 336. The largest absolute Gasteiger partial charge is 0.381 e. The first-order chi connectivity index (χ1) is 7.81. The number of para-hydroxylation sites is 1. The molecule has 88 valence electrons. The Balaban J connectivity index is 2.03. The molecule has 1 fully saturated rings. The van der Waals surface area contributed by atoms with Crippen LogP contribution in [0.2, 0.25) is 0 Å². The van der Waals surface area contributed by atoms with Gasteiger partial charge in [0, 0.05) is 18.6 Å². The molecule has 1 aliphatic heterocycles. The molecule has 0 aliphatic carbocycles. The van der Waals surface area contributed by atoms with Crippen molar-refractivity contribution in [1.29, 1.82) is 0 Å². The van der Waals surface area contributed by atoms with E-state index in [-0.39, 0.29) is 5.82 Å². The Morgan fingerprint density at radius 2 is 2.31 bits per heavy atom. The van der Waals surface area contributed by atoms with Crippen molar-refractivity contribution in [2.75, 3.05) is 18.5 Å². The van der Waals surface area contributed by atoms with Gasteiger partial charge in [-0.2, -0.15) is 0 Å². The molecule has 1 heterocycles. The SMILES string of the molecule is CCC(Nc1ccccc1F)C1CCOC1. The van der Waals surface area contributed by atoms with Crippen molar-refractivity contribution in [3.05, 3.63) is 30.1 Å². The number of hydrogen-bond donors (Lipinski definition) is 1. The second-order valence-corrected chi connectivity index (χ2v) is 4.26. The summed E-state index contributed by atoms with van der Waals surface area (Å²) in [6.45, 7) is 3.75. The molecule has 0 radical (unpaired) electrons. The highest BCUT2D eigenvalue weighted by molar-refractivity contribution is 5.45. The number of hydrogen-bond acceptors (Lipinski definition) is 2. The fourth-order valence-electron chi connectivity index (χ4n) is 2.20. The molecule has 1 aromatic rings. The van der Waals surface area contributed by atoms with Crippen molar-refractivity contribution in [1.82, 2.24) is 0 Å². The average molecular weight is 223 g/mol. The minimum atomic E-state index is -0.181. The predicted octanol–water partition coefficient (Wildman–Crippen LogP) is 3.05. The average Bonchev–Trinajstić information content (AvgIpc) is 2.81. The maximum atomic E-state index is 13.5. The van der Waals surface area contributed by atoms with Crippen LogP contribution in [0.15, 0.2) is 24.3 Å². The number of ether oxygens (including phenoxy) is 1. The van der Waals surface area contributed by atoms with E-state index < -0.39 is 0 Å². The summed E-state index contributed by atoms with van der Waals surface area (Å²) in [4.78, 5) is 0. The smallest absolute Gasteiger partial charge is 0.146 e. The molecule has 2 atom stereocenters. The molecule has 3 heteroatoms. The Morgan fingerprint density at radius 1 is 1.50 bits per heavy atom. The van der Waals surface area contributed by atoms with Gasteiger partial charge in [-0.3, -0.25) is 0 Å². The third-order valence-electron chi connectivity index (χ3n) is 3.19. The van der Waals surface area contributed by atoms with Crippen LogP contribution in [0, 0.1) is 11.7 Å². The first-order valence-corrected chi connectivity index (χ1v) is 5.90. The van der Waals surface area contributed by atoms with Gasteiger partial charge in [0.05, 0.1) is 12.3 Å². The Hall–Kier alpha value is -1.09. The summed E-state index contributed by atoms with van der Waals surface area (Å²) in [6.07, 6.45) is 2.06. The molecule has 1 saturated heterocycles. The third-order valence-corrected chi connectivity index (χ3v) is 3.19. The van der Waals surface area contributed by atoms with Gasteiger partial charge in [-0.15, -0.1) is 0 Å². The topological polar surface area (TPSA) is 21.3 Å². The molecular weight excluding hydrogens is 205 g/mol. The number of benzene rings is 1. The Morgan fingerprint density at radius 3 is 2.94 bits per heavy atom.